The van der Waals surface area contributed by atoms with Crippen LogP contribution in [0.3, 0.4) is 0 Å². The molecule has 1 rings (SSSR count). The van der Waals surface area contributed by atoms with Gasteiger partial charge >= 0.3 is 0 Å². The summed E-state index contributed by atoms with van der Waals surface area (Å²) in [5.74, 6) is 0.127. The van der Waals surface area contributed by atoms with E-state index in [4.69, 9.17) is 0 Å². The van der Waals surface area contributed by atoms with Gasteiger partial charge in [-0.1, -0.05) is 26.3 Å². The van der Waals surface area contributed by atoms with E-state index in [1.165, 1.54) is 6.07 Å². The molecule has 0 fully saturated rings. The normalized spacial score (nSPS) is 15.0. The molecule has 2 unspecified atom stereocenters. The Morgan fingerprint density at radius 3 is 2.67 bits per heavy atom. The highest BCUT2D eigenvalue weighted by molar-refractivity contribution is 9.10. The molecule has 1 aromatic carbocycles. The molecule has 84 valence electrons. The Balaban J connectivity index is 2.73. The second kappa shape index (κ2) is 5.61. The molecule has 0 aromatic heterocycles. The van der Waals surface area contributed by atoms with Crippen molar-refractivity contribution in [3.05, 3.63) is 34.1 Å². The van der Waals surface area contributed by atoms with Crippen LogP contribution in [0.2, 0.25) is 0 Å². The van der Waals surface area contributed by atoms with E-state index in [0.29, 0.717) is 22.4 Å². The van der Waals surface area contributed by atoms with E-state index >= 15 is 0 Å². The summed E-state index contributed by atoms with van der Waals surface area (Å²) >= 11 is 3.09. The van der Waals surface area contributed by atoms with Crippen LogP contribution >= 0.6 is 15.9 Å². The molecule has 1 N–H and O–H groups in total. The van der Waals surface area contributed by atoms with E-state index in [-0.39, 0.29) is 5.82 Å². The zero-order chi connectivity index (χ0) is 11.4. The average molecular weight is 275 g/mol. The van der Waals surface area contributed by atoms with Crippen LogP contribution in [0.5, 0.6) is 0 Å². The SMILES string of the molecule is CCC(C)CC(O)c1ccc(Br)c(F)c1. The van der Waals surface area contributed by atoms with Crippen LogP contribution in [0.4, 0.5) is 4.39 Å². The number of aliphatic hydroxyl groups excluding tert-OH is 1. The highest BCUT2D eigenvalue weighted by Gasteiger charge is 2.12. The minimum absolute atomic E-state index is 0.323. The van der Waals surface area contributed by atoms with Gasteiger partial charge in [0.05, 0.1) is 10.6 Å². The van der Waals surface area contributed by atoms with Crippen LogP contribution in [0.1, 0.15) is 38.4 Å². The Morgan fingerprint density at radius 1 is 1.47 bits per heavy atom. The van der Waals surface area contributed by atoms with Crippen molar-refractivity contribution < 1.29 is 9.50 Å². The molecule has 0 saturated carbocycles. The summed E-state index contributed by atoms with van der Waals surface area (Å²) in [5, 5.41) is 9.86. The van der Waals surface area contributed by atoms with Crippen molar-refractivity contribution in [3.63, 3.8) is 0 Å². The molecule has 0 aliphatic carbocycles. The van der Waals surface area contributed by atoms with Crippen molar-refractivity contribution in [3.8, 4) is 0 Å². The van der Waals surface area contributed by atoms with Crippen LogP contribution in [-0.2, 0) is 0 Å². The molecule has 0 aliphatic heterocycles. The Morgan fingerprint density at radius 2 is 2.13 bits per heavy atom. The molecule has 3 heteroatoms. The van der Waals surface area contributed by atoms with Crippen molar-refractivity contribution in [1.29, 1.82) is 0 Å². The molecule has 15 heavy (non-hydrogen) atoms. The molecule has 0 saturated heterocycles. The molecule has 0 heterocycles. The van der Waals surface area contributed by atoms with E-state index in [2.05, 4.69) is 29.8 Å². The number of benzene rings is 1. The molecule has 0 aliphatic rings. The van der Waals surface area contributed by atoms with E-state index in [9.17, 15) is 9.50 Å². The van der Waals surface area contributed by atoms with Gasteiger partial charge in [-0.2, -0.15) is 0 Å². The van der Waals surface area contributed by atoms with Crippen LogP contribution in [0.25, 0.3) is 0 Å². The lowest BCUT2D eigenvalue weighted by Gasteiger charge is -2.15. The standard InChI is InChI=1S/C12H16BrFO/c1-3-8(2)6-12(15)9-4-5-10(13)11(14)7-9/h4-5,7-8,12,15H,3,6H2,1-2H3. The minimum Gasteiger partial charge on any atom is -0.388 e. The molecule has 0 amide bonds. The highest BCUT2D eigenvalue weighted by Crippen LogP contribution is 2.25. The maximum Gasteiger partial charge on any atom is 0.137 e. The molecule has 1 nitrogen and oxygen atoms in total. The largest absolute Gasteiger partial charge is 0.388 e. The maximum absolute atomic E-state index is 13.2. The predicted molar refractivity (Wildman–Crippen MR) is 63.1 cm³/mol. The molecule has 0 spiro atoms. The number of hydrogen-bond donors (Lipinski definition) is 1. The molecular weight excluding hydrogens is 259 g/mol. The van der Waals surface area contributed by atoms with Crippen LogP contribution < -0.4 is 0 Å². The summed E-state index contributed by atoms with van der Waals surface area (Å²) < 4.78 is 13.6. The molecule has 0 radical (unpaired) electrons. The zero-order valence-electron chi connectivity index (χ0n) is 9.00. The van der Waals surface area contributed by atoms with Crippen molar-refractivity contribution >= 4 is 15.9 Å². The van der Waals surface area contributed by atoms with E-state index in [1.807, 2.05) is 0 Å². The summed E-state index contributed by atoms with van der Waals surface area (Å²) in [6.07, 6.45) is 1.13. The van der Waals surface area contributed by atoms with Crippen LogP contribution in [0.15, 0.2) is 22.7 Å². The van der Waals surface area contributed by atoms with Crippen molar-refractivity contribution in [2.24, 2.45) is 5.92 Å². The third-order valence-corrected chi connectivity index (χ3v) is 3.29. The second-order valence-electron chi connectivity index (χ2n) is 3.94. The Hall–Kier alpha value is -0.410. The number of rotatable bonds is 4. The monoisotopic (exact) mass is 274 g/mol. The van der Waals surface area contributed by atoms with Crippen molar-refractivity contribution in [2.75, 3.05) is 0 Å². The van der Waals surface area contributed by atoms with Gasteiger partial charge in [0.2, 0.25) is 0 Å². The first-order chi connectivity index (χ1) is 7.04. The summed E-state index contributed by atoms with van der Waals surface area (Å²) in [5.41, 5.74) is 0.649. The van der Waals surface area contributed by atoms with Gasteiger partial charge in [0.25, 0.3) is 0 Å². The van der Waals surface area contributed by atoms with Gasteiger partial charge in [-0.25, -0.2) is 4.39 Å². The van der Waals surface area contributed by atoms with Gasteiger partial charge in [0.15, 0.2) is 0 Å². The second-order valence-corrected chi connectivity index (χ2v) is 4.79. The predicted octanol–water partition coefficient (Wildman–Crippen LogP) is 4.06. The summed E-state index contributed by atoms with van der Waals surface area (Å²) in [4.78, 5) is 0. The van der Waals surface area contributed by atoms with Gasteiger partial charge in [0, 0.05) is 0 Å². The van der Waals surface area contributed by atoms with Gasteiger partial charge < -0.3 is 5.11 Å². The topological polar surface area (TPSA) is 20.2 Å². The minimum atomic E-state index is -0.567. The number of hydrogen-bond acceptors (Lipinski definition) is 1. The lowest BCUT2D eigenvalue weighted by Crippen LogP contribution is -2.04. The van der Waals surface area contributed by atoms with E-state index < -0.39 is 6.10 Å². The van der Waals surface area contributed by atoms with Crippen molar-refractivity contribution in [1.82, 2.24) is 0 Å². The van der Waals surface area contributed by atoms with Crippen molar-refractivity contribution in [2.45, 2.75) is 32.8 Å². The first kappa shape index (κ1) is 12.7. The fraction of sp³-hybridized carbons (Fsp3) is 0.500. The van der Waals surface area contributed by atoms with Gasteiger partial charge in [-0.15, -0.1) is 0 Å². The van der Waals surface area contributed by atoms with Crippen LogP contribution in [0, 0.1) is 11.7 Å². The van der Waals surface area contributed by atoms with Gasteiger partial charge in [0.1, 0.15) is 5.82 Å². The smallest absolute Gasteiger partial charge is 0.137 e. The molecule has 0 bridgehead atoms. The molecular formula is C12H16BrFO. The van der Waals surface area contributed by atoms with Gasteiger partial charge in [-0.05, 0) is 46.0 Å². The quantitative estimate of drug-likeness (QED) is 0.878. The molecule has 2 atom stereocenters. The Kier molecular flexibility index (Phi) is 4.74. The maximum atomic E-state index is 13.2. The Labute approximate surface area is 98.4 Å². The Bertz CT molecular complexity index is 327. The van der Waals surface area contributed by atoms with Crippen LogP contribution in [-0.4, -0.2) is 5.11 Å². The zero-order valence-corrected chi connectivity index (χ0v) is 10.6. The fourth-order valence-electron chi connectivity index (χ4n) is 1.40. The third-order valence-electron chi connectivity index (χ3n) is 2.65. The average Bonchev–Trinajstić information content (AvgIpc) is 2.21. The van der Waals surface area contributed by atoms with E-state index in [1.54, 1.807) is 12.1 Å². The third kappa shape index (κ3) is 3.58. The summed E-state index contributed by atoms with van der Waals surface area (Å²) in [7, 11) is 0. The van der Waals surface area contributed by atoms with E-state index in [0.717, 1.165) is 6.42 Å². The first-order valence-corrected chi connectivity index (χ1v) is 5.97. The number of aliphatic hydroxyl groups is 1. The number of halogens is 2. The lowest BCUT2D eigenvalue weighted by molar-refractivity contribution is 0.146. The fourth-order valence-corrected chi connectivity index (χ4v) is 1.65. The summed E-state index contributed by atoms with van der Waals surface area (Å²) in [6, 6.07) is 4.77. The highest BCUT2D eigenvalue weighted by atomic mass is 79.9. The lowest BCUT2D eigenvalue weighted by atomic mass is 9.96. The van der Waals surface area contributed by atoms with Gasteiger partial charge in [-0.3, -0.25) is 0 Å². The molecule has 1 aromatic rings. The summed E-state index contributed by atoms with van der Waals surface area (Å²) in [6.45, 7) is 4.16. The first-order valence-electron chi connectivity index (χ1n) is 5.17.